The molecule has 0 saturated carbocycles. The normalized spacial score (nSPS) is 11.6. The topological polar surface area (TPSA) is 77.5 Å². The first kappa shape index (κ1) is 17.2. The summed E-state index contributed by atoms with van der Waals surface area (Å²) < 4.78 is 10.2. The van der Waals surface area contributed by atoms with E-state index in [4.69, 9.17) is 21.1 Å². The van der Waals surface area contributed by atoms with Crippen molar-refractivity contribution in [2.45, 2.75) is 19.4 Å². The van der Waals surface area contributed by atoms with Crippen LogP contribution in [0.5, 0.6) is 5.75 Å². The highest BCUT2D eigenvalue weighted by Crippen LogP contribution is 2.24. The van der Waals surface area contributed by atoms with Crippen LogP contribution in [0.1, 0.15) is 22.3 Å². The number of thiazole rings is 1. The average molecular weight is 355 g/mol. The number of ether oxygens (including phenoxy) is 2. The highest BCUT2D eigenvalue weighted by Gasteiger charge is 2.21. The number of aryl methyl sites for hydroxylation is 1. The van der Waals surface area contributed by atoms with Crippen LogP contribution in [0.15, 0.2) is 30.3 Å². The molecule has 1 N–H and O–H groups in total. The number of carbonyl (C=O) groups excluding carboxylic acids is 2. The first-order chi connectivity index (χ1) is 11.0. The van der Waals surface area contributed by atoms with Gasteiger partial charge in [-0.05, 0) is 26.0 Å². The minimum Gasteiger partial charge on any atom is -0.465 e. The first-order valence-corrected chi connectivity index (χ1v) is 8.07. The summed E-state index contributed by atoms with van der Waals surface area (Å²) in [7, 11) is 0. The summed E-state index contributed by atoms with van der Waals surface area (Å²) in [6, 6.07) is 8.74. The molecule has 2 rings (SSSR count). The van der Waals surface area contributed by atoms with E-state index in [2.05, 4.69) is 10.3 Å². The molecular weight excluding hydrogens is 340 g/mol. The van der Waals surface area contributed by atoms with Gasteiger partial charge in [0, 0.05) is 0 Å². The van der Waals surface area contributed by atoms with E-state index in [9.17, 15) is 9.59 Å². The molecule has 0 aliphatic heterocycles. The Labute approximate surface area is 142 Å². The van der Waals surface area contributed by atoms with Gasteiger partial charge in [0.15, 0.2) is 5.13 Å². The van der Waals surface area contributed by atoms with Crippen LogP contribution in [-0.4, -0.2) is 29.0 Å². The van der Waals surface area contributed by atoms with Gasteiger partial charge < -0.3 is 9.47 Å². The van der Waals surface area contributed by atoms with Crippen LogP contribution in [0.2, 0.25) is 0 Å². The van der Waals surface area contributed by atoms with Crippen LogP contribution >= 0.6 is 22.9 Å². The monoisotopic (exact) mass is 354 g/mol. The molecule has 1 atom stereocenters. The van der Waals surface area contributed by atoms with Gasteiger partial charge >= 0.3 is 5.97 Å². The minimum absolute atomic E-state index is 0.262. The van der Waals surface area contributed by atoms with Crippen molar-refractivity contribution in [3.05, 3.63) is 40.9 Å². The summed E-state index contributed by atoms with van der Waals surface area (Å²) in [6.07, 6.45) is 0. The molecule has 0 bridgehead atoms. The Hall–Kier alpha value is -2.12. The zero-order chi connectivity index (χ0) is 16.8. The molecule has 1 amide bonds. The maximum Gasteiger partial charge on any atom is 0.350 e. The van der Waals surface area contributed by atoms with Crippen LogP contribution in [0.25, 0.3) is 0 Å². The largest absolute Gasteiger partial charge is 0.465 e. The third kappa shape index (κ3) is 4.67. The zero-order valence-electron chi connectivity index (χ0n) is 12.5. The average Bonchev–Trinajstić information content (AvgIpc) is 2.89. The molecular formula is C15H15ClN2O4S. The van der Waals surface area contributed by atoms with E-state index in [1.54, 1.807) is 38.1 Å². The minimum atomic E-state index is -1.22. The lowest BCUT2D eigenvalue weighted by atomic mass is 10.3. The number of esters is 1. The summed E-state index contributed by atoms with van der Waals surface area (Å²) in [4.78, 5) is 28.2. The second-order valence-corrected chi connectivity index (χ2v) is 5.79. The molecule has 1 aromatic heterocycles. The fraction of sp³-hybridized carbons (Fsp3) is 0.267. The summed E-state index contributed by atoms with van der Waals surface area (Å²) in [5, 5.41) is 2.79. The number of carbonyl (C=O) groups is 2. The Morgan fingerprint density at radius 2 is 2.04 bits per heavy atom. The second kappa shape index (κ2) is 7.94. The van der Waals surface area contributed by atoms with Crippen molar-refractivity contribution in [2.75, 3.05) is 11.9 Å². The molecule has 0 aliphatic carbocycles. The molecule has 8 heteroatoms. The summed E-state index contributed by atoms with van der Waals surface area (Å²) in [5.74, 6) is -0.559. The second-order valence-electron chi connectivity index (χ2n) is 4.39. The van der Waals surface area contributed by atoms with Crippen LogP contribution in [0, 0.1) is 6.92 Å². The summed E-state index contributed by atoms with van der Waals surface area (Å²) >= 11 is 6.95. The van der Waals surface area contributed by atoms with Crippen molar-refractivity contribution >= 4 is 39.9 Å². The number of nitrogens with one attached hydrogen (secondary N) is 1. The number of para-hydroxylation sites is 1. The van der Waals surface area contributed by atoms with Crippen LogP contribution < -0.4 is 10.1 Å². The van der Waals surface area contributed by atoms with Gasteiger partial charge in [-0.15, -0.1) is 0 Å². The van der Waals surface area contributed by atoms with Crippen molar-refractivity contribution in [3.63, 3.8) is 0 Å². The number of aromatic nitrogens is 1. The predicted molar refractivity (Wildman–Crippen MR) is 88.1 cm³/mol. The van der Waals surface area contributed by atoms with Crippen LogP contribution in [0.3, 0.4) is 0 Å². The standard InChI is InChI=1S/C15H15ClN2O4S/c1-3-21-14(20)11-9(2)17-15(23-11)18-13(19)12(16)22-10-7-5-4-6-8-10/h4-8,12H,3H2,1-2H3,(H,17,18,19). The van der Waals surface area contributed by atoms with Gasteiger partial charge in [-0.3, -0.25) is 10.1 Å². The Morgan fingerprint density at radius 1 is 1.35 bits per heavy atom. The molecule has 0 fully saturated rings. The number of alkyl halides is 1. The molecule has 0 spiro atoms. The highest BCUT2D eigenvalue weighted by molar-refractivity contribution is 7.17. The number of hydrogen-bond acceptors (Lipinski definition) is 6. The van der Waals surface area contributed by atoms with Crippen LogP contribution in [-0.2, 0) is 9.53 Å². The maximum atomic E-state index is 12.0. The van der Waals surface area contributed by atoms with Crippen LogP contribution in [0.4, 0.5) is 5.13 Å². The van der Waals surface area contributed by atoms with Gasteiger partial charge in [0.1, 0.15) is 10.6 Å². The van der Waals surface area contributed by atoms with Crippen molar-refractivity contribution < 1.29 is 19.1 Å². The van der Waals surface area contributed by atoms with Gasteiger partial charge in [-0.25, -0.2) is 9.78 Å². The Kier molecular flexibility index (Phi) is 5.95. The van der Waals surface area contributed by atoms with E-state index in [0.717, 1.165) is 11.3 Å². The first-order valence-electron chi connectivity index (χ1n) is 6.82. The van der Waals surface area contributed by atoms with E-state index in [1.165, 1.54) is 0 Å². The number of rotatable bonds is 6. The highest BCUT2D eigenvalue weighted by atomic mass is 35.5. The third-order valence-corrected chi connectivity index (χ3v) is 4.02. The SMILES string of the molecule is CCOC(=O)c1sc(NC(=O)C(Cl)Oc2ccccc2)nc1C. The van der Waals surface area contributed by atoms with Crippen molar-refractivity contribution in [1.82, 2.24) is 4.98 Å². The van der Waals surface area contributed by atoms with Crippen molar-refractivity contribution in [2.24, 2.45) is 0 Å². The number of hydrogen-bond donors (Lipinski definition) is 1. The smallest absolute Gasteiger partial charge is 0.350 e. The fourth-order valence-electron chi connectivity index (χ4n) is 1.67. The molecule has 1 aromatic carbocycles. The zero-order valence-corrected chi connectivity index (χ0v) is 14.1. The number of halogens is 1. The molecule has 6 nitrogen and oxygen atoms in total. The molecule has 122 valence electrons. The van der Waals surface area contributed by atoms with E-state index in [-0.39, 0.29) is 11.7 Å². The van der Waals surface area contributed by atoms with Gasteiger partial charge in [-0.1, -0.05) is 41.1 Å². The van der Waals surface area contributed by atoms with Gasteiger partial charge in [0.2, 0.25) is 0 Å². The molecule has 0 saturated heterocycles. The molecule has 1 heterocycles. The van der Waals surface area contributed by atoms with Gasteiger partial charge in [0.25, 0.3) is 11.5 Å². The Morgan fingerprint density at radius 3 is 2.70 bits per heavy atom. The lowest BCUT2D eigenvalue weighted by Gasteiger charge is -2.11. The molecule has 1 unspecified atom stereocenters. The molecule has 0 aliphatic rings. The lowest BCUT2D eigenvalue weighted by molar-refractivity contribution is -0.119. The summed E-state index contributed by atoms with van der Waals surface area (Å²) in [5.41, 5.74) is -0.730. The lowest BCUT2D eigenvalue weighted by Crippen LogP contribution is -2.28. The quantitative estimate of drug-likeness (QED) is 0.636. The number of benzene rings is 1. The number of anilines is 1. The molecule has 0 radical (unpaired) electrons. The fourth-order valence-corrected chi connectivity index (χ4v) is 2.69. The van der Waals surface area contributed by atoms with E-state index >= 15 is 0 Å². The van der Waals surface area contributed by atoms with Crippen molar-refractivity contribution in [3.8, 4) is 5.75 Å². The molecule has 2 aromatic rings. The third-order valence-electron chi connectivity index (χ3n) is 2.68. The maximum absolute atomic E-state index is 12.0. The molecule has 23 heavy (non-hydrogen) atoms. The Balaban J connectivity index is 2.00. The van der Waals surface area contributed by atoms with E-state index in [0.29, 0.717) is 16.3 Å². The number of amides is 1. The Bertz CT molecular complexity index is 690. The predicted octanol–water partition coefficient (Wildman–Crippen LogP) is 3.21. The number of nitrogens with zero attached hydrogens (tertiary/aromatic N) is 1. The van der Waals surface area contributed by atoms with Crippen molar-refractivity contribution in [1.29, 1.82) is 0 Å². The summed E-state index contributed by atoms with van der Waals surface area (Å²) in [6.45, 7) is 3.65. The van der Waals surface area contributed by atoms with Gasteiger partial charge in [0.05, 0.1) is 12.3 Å². The van der Waals surface area contributed by atoms with E-state index < -0.39 is 17.4 Å². The van der Waals surface area contributed by atoms with Gasteiger partial charge in [-0.2, -0.15) is 0 Å². The van der Waals surface area contributed by atoms with E-state index in [1.807, 2.05) is 6.07 Å².